The molecule has 4 rings (SSSR count). The number of H-pyrrole nitrogens is 1. The molecule has 1 aliphatic rings. The highest BCUT2D eigenvalue weighted by Crippen LogP contribution is 2.37. The number of aromatic nitrogens is 1. The summed E-state index contributed by atoms with van der Waals surface area (Å²) < 4.78 is 48.5. The van der Waals surface area contributed by atoms with Crippen LogP contribution in [0.3, 0.4) is 0 Å². The molecule has 0 saturated heterocycles. The maximum absolute atomic E-state index is 14.9. The summed E-state index contributed by atoms with van der Waals surface area (Å²) in [6.45, 7) is 3.20. The van der Waals surface area contributed by atoms with Crippen molar-refractivity contribution >= 4 is 39.8 Å². The first-order valence-corrected chi connectivity index (χ1v) is 11.1. The van der Waals surface area contributed by atoms with E-state index in [0.29, 0.717) is 6.07 Å². The normalized spacial score (nSPS) is 14.3. The lowest BCUT2D eigenvalue weighted by molar-refractivity contribution is 0.0939. The Hall–Kier alpha value is -3.00. The van der Waals surface area contributed by atoms with Crippen LogP contribution in [0.4, 0.5) is 24.7 Å². The van der Waals surface area contributed by atoms with Gasteiger partial charge in [-0.15, -0.1) is 0 Å². The van der Waals surface area contributed by atoms with E-state index in [1.165, 1.54) is 0 Å². The van der Waals surface area contributed by atoms with E-state index in [-0.39, 0.29) is 44.8 Å². The Bertz CT molecular complexity index is 1300. The molecule has 1 aliphatic carbocycles. The number of hydrogen-bond donors (Lipinski definition) is 2. The highest BCUT2D eigenvalue weighted by atomic mass is 35.5. The summed E-state index contributed by atoms with van der Waals surface area (Å²) in [5.41, 5.74) is -1.54. The number of ether oxygens (including phenoxy) is 1. The molecule has 0 atom stereocenters. The molecule has 0 spiro atoms. The van der Waals surface area contributed by atoms with Crippen LogP contribution in [0.1, 0.15) is 49.9 Å². The van der Waals surface area contributed by atoms with Crippen LogP contribution in [0.25, 0.3) is 10.9 Å². The van der Waals surface area contributed by atoms with Crippen molar-refractivity contribution in [2.45, 2.75) is 45.6 Å². The predicted molar refractivity (Wildman–Crippen MR) is 121 cm³/mol. The van der Waals surface area contributed by atoms with Gasteiger partial charge in [-0.25, -0.2) is 13.2 Å². The maximum Gasteiger partial charge on any atom is 0.206 e. The Kier molecular flexibility index (Phi) is 6.38. The zero-order valence-electron chi connectivity index (χ0n) is 18.0. The van der Waals surface area contributed by atoms with Crippen molar-refractivity contribution in [3.8, 4) is 5.75 Å². The van der Waals surface area contributed by atoms with Crippen LogP contribution in [0.15, 0.2) is 29.1 Å². The summed E-state index contributed by atoms with van der Waals surface area (Å²) >= 11 is 6.26. The van der Waals surface area contributed by atoms with Gasteiger partial charge in [0.2, 0.25) is 5.43 Å². The Labute approximate surface area is 192 Å². The quantitative estimate of drug-likeness (QED) is 0.396. The van der Waals surface area contributed by atoms with Crippen molar-refractivity contribution in [1.82, 2.24) is 4.98 Å². The summed E-state index contributed by atoms with van der Waals surface area (Å²) in [6.07, 6.45) is 3.30. The molecule has 2 N–H and O–H groups in total. The SMILES string of the molecule is CC(C)C(=O)c1c(Nc2ccc(F)cc2F)[nH]c2c(F)cc(Cl)c(OC3CCCC3)c2c1=O. The van der Waals surface area contributed by atoms with Gasteiger partial charge in [-0.2, -0.15) is 0 Å². The average molecular weight is 479 g/mol. The highest BCUT2D eigenvalue weighted by molar-refractivity contribution is 6.33. The highest BCUT2D eigenvalue weighted by Gasteiger charge is 2.28. The summed E-state index contributed by atoms with van der Waals surface area (Å²) in [5, 5.41) is 2.35. The Morgan fingerprint density at radius 2 is 1.85 bits per heavy atom. The second-order valence-electron chi connectivity index (χ2n) is 8.42. The maximum atomic E-state index is 14.9. The van der Waals surface area contributed by atoms with Crippen LogP contribution in [-0.2, 0) is 0 Å². The number of anilines is 2. The van der Waals surface area contributed by atoms with Gasteiger partial charge in [0.05, 0.1) is 27.7 Å². The number of fused-ring (bicyclic) bond motifs is 1. The van der Waals surface area contributed by atoms with Gasteiger partial charge < -0.3 is 15.0 Å². The van der Waals surface area contributed by atoms with Gasteiger partial charge in [0.1, 0.15) is 28.8 Å². The second kappa shape index (κ2) is 9.09. The monoisotopic (exact) mass is 478 g/mol. The number of carbonyl (C=O) groups is 1. The zero-order chi connectivity index (χ0) is 23.9. The van der Waals surface area contributed by atoms with Crippen molar-refractivity contribution in [2.24, 2.45) is 5.92 Å². The number of halogens is 4. The molecule has 0 radical (unpaired) electrons. The molecule has 33 heavy (non-hydrogen) atoms. The van der Waals surface area contributed by atoms with Gasteiger partial charge >= 0.3 is 0 Å². The van der Waals surface area contributed by atoms with Crippen LogP contribution < -0.4 is 15.5 Å². The van der Waals surface area contributed by atoms with E-state index in [9.17, 15) is 22.8 Å². The first-order chi connectivity index (χ1) is 15.7. The third-order valence-electron chi connectivity index (χ3n) is 5.69. The fourth-order valence-corrected chi connectivity index (χ4v) is 4.23. The number of ketones is 1. The summed E-state index contributed by atoms with van der Waals surface area (Å²) in [5.74, 6) is -3.90. The molecule has 9 heteroatoms. The van der Waals surface area contributed by atoms with Crippen molar-refractivity contribution in [1.29, 1.82) is 0 Å². The van der Waals surface area contributed by atoms with Crippen molar-refractivity contribution in [3.05, 3.63) is 62.5 Å². The fraction of sp³-hybridized carbons (Fsp3) is 0.333. The number of aromatic amines is 1. The Balaban J connectivity index is 1.97. The largest absolute Gasteiger partial charge is 0.488 e. The number of hydrogen-bond acceptors (Lipinski definition) is 4. The van der Waals surface area contributed by atoms with E-state index in [2.05, 4.69) is 10.3 Å². The van der Waals surface area contributed by atoms with Crippen LogP contribution in [0, 0.1) is 23.4 Å². The summed E-state index contributed by atoms with van der Waals surface area (Å²) in [7, 11) is 0. The summed E-state index contributed by atoms with van der Waals surface area (Å²) in [6, 6.07) is 3.81. The minimum Gasteiger partial charge on any atom is -0.488 e. The Morgan fingerprint density at radius 1 is 1.15 bits per heavy atom. The van der Waals surface area contributed by atoms with Crippen molar-refractivity contribution in [3.63, 3.8) is 0 Å². The smallest absolute Gasteiger partial charge is 0.206 e. The number of carbonyl (C=O) groups excluding carboxylic acids is 1. The molecule has 1 heterocycles. The standard InChI is InChI=1S/C24H22ClF3N2O3/c1-11(2)21(31)19-22(32)18-20(30-24(19)29-17-8-7-12(26)9-15(17)27)16(28)10-14(25)23(18)33-13-5-3-4-6-13/h7-11,13H,3-6H2,1-2H3,(H2,29,30,32). The first-order valence-electron chi connectivity index (χ1n) is 10.7. The molecule has 1 fully saturated rings. The number of benzene rings is 2. The van der Waals surface area contributed by atoms with E-state index in [1.807, 2.05) is 0 Å². The third kappa shape index (κ3) is 4.44. The van der Waals surface area contributed by atoms with E-state index in [4.69, 9.17) is 16.3 Å². The molecular formula is C24H22ClF3N2O3. The molecule has 1 aromatic heterocycles. The van der Waals surface area contributed by atoms with Crippen LogP contribution in [-0.4, -0.2) is 16.9 Å². The van der Waals surface area contributed by atoms with E-state index in [1.54, 1.807) is 13.8 Å². The lowest BCUT2D eigenvalue weighted by atomic mass is 9.98. The molecule has 2 aromatic carbocycles. The summed E-state index contributed by atoms with van der Waals surface area (Å²) in [4.78, 5) is 29.3. The third-order valence-corrected chi connectivity index (χ3v) is 5.97. The van der Waals surface area contributed by atoms with Crippen LogP contribution >= 0.6 is 11.6 Å². The minimum absolute atomic E-state index is 0.0125. The predicted octanol–water partition coefficient (Wildman–Crippen LogP) is 6.50. The Morgan fingerprint density at radius 3 is 2.48 bits per heavy atom. The van der Waals surface area contributed by atoms with E-state index in [0.717, 1.165) is 43.9 Å². The molecule has 0 aliphatic heterocycles. The molecule has 174 valence electrons. The number of pyridine rings is 1. The zero-order valence-corrected chi connectivity index (χ0v) is 18.8. The topological polar surface area (TPSA) is 71.2 Å². The van der Waals surface area contributed by atoms with Gasteiger partial charge in [0, 0.05) is 12.0 Å². The van der Waals surface area contributed by atoms with Crippen LogP contribution in [0.5, 0.6) is 5.75 Å². The van der Waals surface area contributed by atoms with Gasteiger partial charge in [-0.1, -0.05) is 25.4 Å². The molecule has 0 bridgehead atoms. The number of nitrogens with one attached hydrogen (secondary N) is 2. The van der Waals surface area contributed by atoms with Crippen molar-refractivity contribution in [2.75, 3.05) is 5.32 Å². The minimum atomic E-state index is -0.944. The lowest BCUT2D eigenvalue weighted by Gasteiger charge is -2.19. The molecule has 3 aromatic rings. The average Bonchev–Trinajstić information content (AvgIpc) is 3.26. The number of rotatable bonds is 6. The lowest BCUT2D eigenvalue weighted by Crippen LogP contribution is -2.24. The molecule has 0 amide bonds. The first kappa shape index (κ1) is 23.2. The van der Waals surface area contributed by atoms with Gasteiger partial charge in [0.25, 0.3) is 0 Å². The number of Topliss-reactive ketones (excluding diaryl/α,β-unsaturated/α-hetero) is 1. The molecule has 5 nitrogen and oxygen atoms in total. The van der Waals surface area contributed by atoms with Gasteiger partial charge in [-0.3, -0.25) is 9.59 Å². The van der Waals surface area contributed by atoms with Crippen LogP contribution in [0.2, 0.25) is 5.02 Å². The van der Waals surface area contributed by atoms with Crippen molar-refractivity contribution < 1.29 is 22.7 Å². The van der Waals surface area contributed by atoms with E-state index >= 15 is 0 Å². The molecule has 0 unspecified atom stereocenters. The van der Waals surface area contributed by atoms with Gasteiger partial charge in [0.15, 0.2) is 11.5 Å². The fourth-order valence-electron chi connectivity index (χ4n) is 4.00. The van der Waals surface area contributed by atoms with E-state index < -0.39 is 34.6 Å². The molecule has 1 saturated carbocycles. The van der Waals surface area contributed by atoms with Gasteiger partial charge in [-0.05, 0) is 43.9 Å². The molecular weight excluding hydrogens is 457 g/mol. The second-order valence-corrected chi connectivity index (χ2v) is 8.82.